The van der Waals surface area contributed by atoms with E-state index in [4.69, 9.17) is 10.9 Å². The molecule has 0 unspecified atom stereocenters. The molecular formula is C8H8N6O. The van der Waals surface area contributed by atoms with Crippen LogP contribution in [0.4, 0.5) is 5.95 Å². The minimum absolute atomic E-state index is 0.0617. The van der Waals surface area contributed by atoms with Crippen LogP contribution >= 0.6 is 0 Å². The fraction of sp³-hybridized carbons (Fsp3) is 0. The highest BCUT2D eigenvalue weighted by molar-refractivity contribution is 6.00. The standard InChI is InChI=1S/C8H8N6O/c9-8-10-12-13-14(8)7(11-15)6-4-2-1-3-5-6/h1-5,15H,(H2,9,10,13)/b11-7-. The Bertz CT molecular complexity index is 477. The molecule has 2 aromatic rings. The molecule has 0 aliphatic heterocycles. The van der Waals surface area contributed by atoms with Gasteiger partial charge in [-0.15, -0.1) is 0 Å². The number of anilines is 1. The van der Waals surface area contributed by atoms with Crippen molar-refractivity contribution < 1.29 is 5.21 Å². The summed E-state index contributed by atoms with van der Waals surface area (Å²) in [5.41, 5.74) is 6.16. The Hall–Kier alpha value is -2.44. The second kappa shape index (κ2) is 3.74. The highest BCUT2D eigenvalue weighted by Crippen LogP contribution is 2.04. The third kappa shape index (κ3) is 1.62. The molecule has 0 saturated carbocycles. The predicted octanol–water partition coefficient (Wildman–Crippen LogP) is -0.0606. The number of oxime groups is 1. The summed E-state index contributed by atoms with van der Waals surface area (Å²) in [6, 6.07) is 8.98. The first-order valence-electron chi connectivity index (χ1n) is 4.14. The molecule has 0 atom stereocenters. The Morgan fingerprint density at radius 1 is 1.33 bits per heavy atom. The Balaban J connectivity index is 2.48. The zero-order valence-corrected chi connectivity index (χ0v) is 7.65. The average molecular weight is 204 g/mol. The van der Waals surface area contributed by atoms with E-state index in [2.05, 4.69) is 20.7 Å². The van der Waals surface area contributed by atoms with Gasteiger partial charge in [0, 0.05) is 5.56 Å². The average Bonchev–Trinajstić information content (AvgIpc) is 2.68. The minimum atomic E-state index is 0.0617. The zero-order valence-electron chi connectivity index (χ0n) is 7.65. The number of rotatable bonds is 1. The van der Waals surface area contributed by atoms with Crippen LogP contribution in [0.5, 0.6) is 0 Å². The van der Waals surface area contributed by atoms with E-state index in [9.17, 15) is 0 Å². The number of tetrazole rings is 1. The molecule has 76 valence electrons. The van der Waals surface area contributed by atoms with E-state index in [1.807, 2.05) is 6.07 Å². The monoisotopic (exact) mass is 204 g/mol. The topological polar surface area (TPSA) is 102 Å². The Kier molecular flexibility index (Phi) is 2.28. The van der Waals surface area contributed by atoms with Crippen LogP contribution in [0.15, 0.2) is 35.5 Å². The van der Waals surface area contributed by atoms with E-state index in [1.54, 1.807) is 24.3 Å². The molecule has 1 aromatic heterocycles. The number of nitrogens with zero attached hydrogens (tertiary/aromatic N) is 5. The minimum Gasteiger partial charge on any atom is -0.409 e. The van der Waals surface area contributed by atoms with Crippen molar-refractivity contribution in [2.45, 2.75) is 0 Å². The highest BCUT2D eigenvalue weighted by atomic mass is 16.4. The maximum absolute atomic E-state index is 8.89. The van der Waals surface area contributed by atoms with Crippen molar-refractivity contribution in [2.24, 2.45) is 5.16 Å². The summed E-state index contributed by atoms with van der Waals surface area (Å²) < 4.78 is 1.15. The fourth-order valence-electron chi connectivity index (χ4n) is 1.15. The van der Waals surface area contributed by atoms with Crippen LogP contribution in [-0.4, -0.2) is 31.3 Å². The van der Waals surface area contributed by atoms with E-state index in [0.29, 0.717) is 5.56 Å². The van der Waals surface area contributed by atoms with Crippen molar-refractivity contribution >= 4 is 11.8 Å². The predicted molar refractivity (Wildman–Crippen MR) is 52.4 cm³/mol. The van der Waals surface area contributed by atoms with Gasteiger partial charge in [-0.1, -0.05) is 40.6 Å². The van der Waals surface area contributed by atoms with Crippen molar-refractivity contribution in [3.05, 3.63) is 35.9 Å². The van der Waals surface area contributed by atoms with Gasteiger partial charge in [0.15, 0.2) is 0 Å². The molecule has 0 amide bonds. The third-order valence-corrected chi connectivity index (χ3v) is 1.82. The number of hydrogen-bond donors (Lipinski definition) is 2. The molecule has 0 radical (unpaired) electrons. The molecule has 0 fully saturated rings. The first-order chi connectivity index (χ1) is 7.33. The van der Waals surface area contributed by atoms with Crippen LogP contribution in [0, 0.1) is 0 Å². The fourth-order valence-corrected chi connectivity index (χ4v) is 1.15. The normalized spacial score (nSPS) is 11.6. The number of hydrogen-bond acceptors (Lipinski definition) is 6. The first-order valence-corrected chi connectivity index (χ1v) is 4.14. The summed E-state index contributed by atoms with van der Waals surface area (Å²) in [5.74, 6) is 0.241. The van der Waals surface area contributed by atoms with E-state index in [-0.39, 0.29) is 11.8 Å². The molecule has 1 heterocycles. The smallest absolute Gasteiger partial charge is 0.246 e. The molecule has 0 saturated heterocycles. The van der Waals surface area contributed by atoms with Crippen LogP contribution in [0.3, 0.4) is 0 Å². The molecular weight excluding hydrogens is 196 g/mol. The van der Waals surface area contributed by atoms with Gasteiger partial charge >= 0.3 is 0 Å². The quantitative estimate of drug-likeness (QED) is 0.293. The molecule has 7 nitrogen and oxygen atoms in total. The van der Waals surface area contributed by atoms with Crippen LogP contribution in [0.25, 0.3) is 0 Å². The summed E-state index contributed by atoms with van der Waals surface area (Å²) >= 11 is 0. The summed E-state index contributed by atoms with van der Waals surface area (Å²) in [7, 11) is 0. The van der Waals surface area contributed by atoms with Crippen molar-refractivity contribution in [1.29, 1.82) is 0 Å². The van der Waals surface area contributed by atoms with Crippen LogP contribution in [0.1, 0.15) is 5.56 Å². The molecule has 7 heteroatoms. The highest BCUT2D eigenvalue weighted by Gasteiger charge is 2.11. The van der Waals surface area contributed by atoms with Crippen molar-refractivity contribution in [3.8, 4) is 0 Å². The summed E-state index contributed by atoms with van der Waals surface area (Å²) in [5, 5.41) is 22.5. The van der Waals surface area contributed by atoms with E-state index in [0.717, 1.165) is 4.68 Å². The molecule has 0 aliphatic carbocycles. The number of nitrogens with two attached hydrogens (primary N) is 1. The molecule has 0 bridgehead atoms. The lowest BCUT2D eigenvalue weighted by molar-refractivity contribution is 0.316. The van der Waals surface area contributed by atoms with E-state index >= 15 is 0 Å². The molecule has 0 spiro atoms. The van der Waals surface area contributed by atoms with Gasteiger partial charge in [-0.2, -0.15) is 4.68 Å². The van der Waals surface area contributed by atoms with Crippen LogP contribution in [-0.2, 0) is 0 Å². The lowest BCUT2D eigenvalue weighted by atomic mass is 10.2. The van der Waals surface area contributed by atoms with Gasteiger partial charge in [-0.3, -0.25) is 0 Å². The van der Waals surface area contributed by atoms with E-state index in [1.165, 1.54) is 0 Å². The van der Waals surface area contributed by atoms with E-state index < -0.39 is 0 Å². The van der Waals surface area contributed by atoms with Crippen molar-refractivity contribution in [1.82, 2.24) is 20.2 Å². The molecule has 3 N–H and O–H groups in total. The Morgan fingerprint density at radius 2 is 2.07 bits per heavy atom. The maximum atomic E-state index is 8.89. The lowest BCUT2D eigenvalue weighted by Gasteiger charge is -2.03. The summed E-state index contributed by atoms with van der Waals surface area (Å²) in [6.45, 7) is 0. The Labute approximate surface area is 84.8 Å². The van der Waals surface area contributed by atoms with Crippen LogP contribution in [0.2, 0.25) is 0 Å². The third-order valence-electron chi connectivity index (χ3n) is 1.82. The van der Waals surface area contributed by atoms with Gasteiger partial charge in [-0.05, 0) is 10.4 Å². The van der Waals surface area contributed by atoms with Crippen molar-refractivity contribution in [2.75, 3.05) is 5.73 Å². The number of benzene rings is 1. The second-order valence-corrected chi connectivity index (χ2v) is 2.74. The SMILES string of the molecule is Nc1nnnn1/C(=N\O)c1ccccc1. The van der Waals surface area contributed by atoms with Gasteiger partial charge < -0.3 is 10.9 Å². The number of nitrogen functional groups attached to an aromatic ring is 1. The first kappa shape index (κ1) is 9.13. The Morgan fingerprint density at radius 3 is 2.60 bits per heavy atom. The van der Waals surface area contributed by atoms with Gasteiger partial charge in [0.1, 0.15) is 0 Å². The maximum Gasteiger partial charge on any atom is 0.246 e. The van der Waals surface area contributed by atoms with Crippen LogP contribution < -0.4 is 5.73 Å². The number of aromatic nitrogens is 4. The zero-order chi connectivity index (χ0) is 10.7. The largest absolute Gasteiger partial charge is 0.409 e. The van der Waals surface area contributed by atoms with Gasteiger partial charge in [0.2, 0.25) is 11.8 Å². The molecule has 1 aromatic carbocycles. The second-order valence-electron chi connectivity index (χ2n) is 2.74. The molecule has 0 aliphatic rings. The lowest BCUT2D eigenvalue weighted by Crippen LogP contribution is -2.17. The molecule has 15 heavy (non-hydrogen) atoms. The van der Waals surface area contributed by atoms with Gasteiger partial charge in [0.05, 0.1) is 0 Å². The summed E-state index contributed by atoms with van der Waals surface area (Å²) in [4.78, 5) is 0. The molecule has 2 rings (SSSR count). The van der Waals surface area contributed by atoms with Gasteiger partial charge in [-0.25, -0.2) is 0 Å². The van der Waals surface area contributed by atoms with Crippen molar-refractivity contribution in [3.63, 3.8) is 0 Å². The van der Waals surface area contributed by atoms with Gasteiger partial charge in [0.25, 0.3) is 0 Å². The summed E-state index contributed by atoms with van der Waals surface area (Å²) in [6.07, 6.45) is 0.